The molecule has 1 aliphatic rings. The molecule has 0 aromatic carbocycles. The van der Waals surface area contributed by atoms with Gasteiger partial charge in [0.2, 0.25) is 0 Å². The summed E-state index contributed by atoms with van der Waals surface area (Å²) in [5, 5.41) is 0. The Morgan fingerprint density at radius 1 is 1.47 bits per heavy atom. The van der Waals surface area contributed by atoms with E-state index in [1.807, 2.05) is 6.20 Å². The lowest BCUT2D eigenvalue weighted by Crippen LogP contribution is -2.23. The minimum atomic E-state index is 0.519. The molecule has 0 radical (unpaired) electrons. The topological polar surface area (TPSA) is 20.7 Å². The molecule has 1 N–H and O–H groups in total. The number of hydrogen-bond acceptors (Lipinski definition) is 1. The van der Waals surface area contributed by atoms with Crippen LogP contribution < -0.4 is 0 Å². The Morgan fingerprint density at radius 2 is 2.13 bits per heavy atom. The molecule has 15 heavy (non-hydrogen) atoms. The van der Waals surface area contributed by atoms with Crippen LogP contribution in [0.4, 0.5) is 0 Å². The van der Waals surface area contributed by atoms with Gasteiger partial charge in [0.1, 0.15) is 0 Å². The molecule has 84 valence electrons. The minimum absolute atomic E-state index is 0.519. The molecule has 0 unspecified atom stereocenters. The van der Waals surface area contributed by atoms with Crippen molar-refractivity contribution in [3.63, 3.8) is 0 Å². The normalized spacial score (nSPS) is 19.6. The molecule has 1 aliphatic carbocycles. The first-order chi connectivity index (χ1) is 7.17. The number of H-pyrrole nitrogens is 1. The van der Waals surface area contributed by atoms with Crippen molar-refractivity contribution in [3.05, 3.63) is 16.7 Å². The second kappa shape index (κ2) is 4.12. The van der Waals surface area contributed by atoms with E-state index in [0.29, 0.717) is 5.41 Å². The van der Waals surface area contributed by atoms with Gasteiger partial charge in [-0.3, -0.25) is 0 Å². The number of rotatable bonds is 3. The molecule has 1 aromatic heterocycles. The van der Waals surface area contributed by atoms with Gasteiger partial charge in [-0.1, -0.05) is 19.8 Å². The van der Waals surface area contributed by atoms with Crippen molar-refractivity contribution >= 4 is 12.2 Å². The SMILES string of the molecule is CCC1(Cn2c(C)c[nH]c2=S)CCCC1. The van der Waals surface area contributed by atoms with E-state index < -0.39 is 0 Å². The van der Waals surface area contributed by atoms with Gasteiger partial charge in [0.25, 0.3) is 0 Å². The van der Waals surface area contributed by atoms with Crippen LogP contribution in [0.25, 0.3) is 0 Å². The third kappa shape index (κ3) is 2.03. The fraction of sp³-hybridized carbons (Fsp3) is 0.750. The molecule has 0 atom stereocenters. The summed E-state index contributed by atoms with van der Waals surface area (Å²) in [7, 11) is 0. The first kappa shape index (κ1) is 10.9. The molecule has 2 rings (SSSR count). The molecule has 1 fully saturated rings. The molecule has 1 heterocycles. The van der Waals surface area contributed by atoms with Crippen LogP contribution in [0.5, 0.6) is 0 Å². The highest BCUT2D eigenvalue weighted by molar-refractivity contribution is 7.71. The van der Waals surface area contributed by atoms with Crippen molar-refractivity contribution in [2.24, 2.45) is 5.41 Å². The predicted molar refractivity (Wildman–Crippen MR) is 65.5 cm³/mol. The predicted octanol–water partition coefficient (Wildman–Crippen LogP) is 3.82. The lowest BCUT2D eigenvalue weighted by Gasteiger charge is -2.28. The van der Waals surface area contributed by atoms with E-state index in [1.165, 1.54) is 37.8 Å². The molecule has 1 saturated carbocycles. The van der Waals surface area contributed by atoms with Gasteiger partial charge in [-0.25, -0.2) is 0 Å². The molecule has 0 bridgehead atoms. The Bertz CT molecular complexity index is 383. The number of hydrogen-bond donors (Lipinski definition) is 1. The second-order valence-corrected chi connectivity index (χ2v) is 5.27. The molecular weight excluding hydrogens is 204 g/mol. The highest BCUT2D eigenvalue weighted by Crippen LogP contribution is 2.42. The molecule has 3 heteroatoms. The Balaban J connectivity index is 2.23. The summed E-state index contributed by atoms with van der Waals surface area (Å²) in [6, 6.07) is 0. The number of nitrogens with zero attached hydrogens (tertiary/aromatic N) is 1. The van der Waals surface area contributed by atoms with Crippen molar-refractivity contribution in [3.8, 4) is 0 Å². The molecular formula is C12H20N2S. The van der Waals surface area contributed by atoms with Crippen molar-refractivity contribution in [2.75, 3.05) is 0 Å². The fourth-order valence-electron chi connectivity index (χ4n) is 2.76. The highest BCUT2D eigenvalue weighted by atomic mass is 32.1. The van der Waals surface area contributed by atoms with Crippen molar-refractivity contribution < 1.29 is 0 Å². The van der Waals surface area contributed by atoms with Gasteiger partial charge in [0, 0.05) is 18.4 Å². The molecule has 0 saturated heterocycles. The molecule has 2 nitrogen and oxygen atoms in total. The summed E-state index contributed by atoms with van der Waals surface area (Å²) in [5.74, 6) is 0. The zero-order valence-electron chi connectivity index (χ0n) is 9.68. The van der Waals surface area contributed by atoms with Gasteiger partial charge in [-0.15, -0.1) is 0 Å². The van der Waals surface area contributed by atoms with E-state index in [2.05, 4.69) is 23.4 Å². The van der Waals surface area contributed by atoms with E-state index in [0.717, 1.165) is 11.3 Å². The average molecular weight is 224 g/mol. The fourth-order valence-corrected chi connectivity index (χ4v) is 3.03. The Kier molecular flexibility index (Phi) is 3.01. The van der Waals surface area contributed by atoms with Crippen LogP contribution in [0.15, 0.2) is 6.20 Å². The van der Waals surface area contributed by atoms with Crippen LogP contribution >= 0.6 is 12.2 Å². The van der Waals surface area contributed by atoms with Crippen LogP contribution in [0.1, 0.15) is 44.7 Å². The Labute approximate surface area is 96.7 Å². The lowest BCUT2D eigenvalue weighted by molar-refractivity contribution is 0.234. The van der Waals surface area contributed by atoms with Gasteiger partial charge in [-0.2, -0.15) is 0 Å². The quantitative estimate of drug-likeness (QED) is 0.774. The van der Waals surface area contributed by atoms with E-state index in [1.54, 1.807) is 0 Å². The number of aromatic amines is 1. The smallest absolute Gasteiger partial charge is 0.177 e. The number of imidazole rings is 1. The maximum Gasteiger partial charge on any atom is 0.177 e. The van der Waals surface area contributed by atoms with Crippen molar-refractivity contribution in [1.29, 1.82) is 0 Å². The molecule has 1 aromatic rings. The summed E-state index contributed by atoms with van der Waals surface area (Å²) in [5.41, 5.74) is 1.78. The van der Waals surface area contributed by atoms with Crippen LogP contribution in [0, 0.1) is 17.1 Å². The number of aromatic nitrogens is 2. The van der Waals surface area contributed by atoms with Crippen LogP contribution in [0.2, 0.25) is 0 Å². The Morgan fingerprint density at radius 3 is 2.60 bits per heavy atom. The van der Waals surface area contributed by atoms with Crippen molar-refractivity contribution in [1.82, 2.24) is 9.55 Å². The maximum atomic E-state index is 5.31. The summed E-state index contributed by atoms with van der Waals surface area (Å²) >= 11 is 5.31. The summed E-state index contributed by atoms with van der Waals surface area (Å²) in [6.07, 6.45) is 8.82. The minimum Gasteiger partial charge on any atom is -0.337 e. The van der Waals surface area contributed by atoms with Crippen LogP contribution in [-0.2, 0) is 6.54 Å². The standard InChI is InChI=1S/C12H20N2S/c1-3-12(6-4-5-7-12)9-14-10(2)8-13-11(14)15/h8H,3-7,9H2,1-2H3,(H,13,15). The van der Waals surface area contributed by atoms with Gasteiger partial charge >= 0.3 is 0 Å². The first-order valence-electron chi connectivity index (χ1n) is 5.92. The van der Waals surface area contributed by atoms with Gasteiger partial charge in [0.15, 0.2) is 4.77 Å². The summed E-state index contributed by atoms with van der Waals surface area (Å²) in [4.78, 5) is 3.13. The van der Waals surface area contributed by atoms with Crippen molar-refractivity contribution in [2.45, 2.75) is 52.5 Å². The Hall–Kier alpha value is -0.570. The maximum absolute atomic E-state index is 5.31. The van der Waals surface area contributed by atoms with Gasteiger partial charge in [0.05, 0.1) is 0 Å². The first-order valence-corrected chi connectivity index (χ1v) is 6.32. The summed E-state index contributed by atoms with van der Waals surface area (Å²) in [6.45, 7) is 5.55. The zero-order valence-corrected chi connectivity index (χ0v) is 10.5. The monoisotopic (exact) mass is 224 g/mol. The van der Waals surface area contributed by atoms with E-state index in [9.17, 15) is 0 Å². The molecule has 0 amide bonds. The van der Waals surface area contributed by atoms with E-state index in [-0.39, 0.29) is 0 Å². The second-order valence-electron chi connectivity index (χ2n) is 4.88. The third-order valence-corrected chi connectivity index (χ3v) is 4.32. The zero-order chi connectivity index (χ0) is 10.9. The lowest BCUT2D eigenvalue weighted by atomic mass is 9.83. The third-order valence-electron chi connectivity index (χ3n) is 3.98. The average Bonchev–Trinajstić information content (AvgIpc) is 2.81. The van der Waals surface area contributed by atoms with Gasteiger partial charge < -0.3 is 9.55 Å². The number of aryl methyl sites for hydroxylation is 1. The highest BCUT2D eigenvalue weighted by Gasteiger charge is 2.32. The van der Waals surface area contributed by atoms with Crippen LogP contribution in [0.3, 0.4) is 0 Å². The van der Waals surface area contributed by atoms with E-state index in [4.69, 9.17) is 12.2 Å². The summed E-state index contributed by atoms with van der Waals surface area (Å²) < 4.78 is 3.15. The van der Waals surface area contributed by atoms with Gasteiger partial charge in [-0.05, 0) is 43.8 Å². The number of nitrogens with one attached hydrogen (secondary N) is 1. The van der Waals surface area contributed by atoms with E-state index >= 15 is 0 Å². The van der Waals surface area contributed by atoms with Crippen LogP contribution in [-0.4, -0.2) is 9.55 Å². The molecule has 0 aliphatic heterocycles. The molecule has 0 spiro atoms. The largest absolute Gasteiger partial charge is 0.337 e.